The van der Waals surface area contributed by atoms with Gasteiger partial charge in [0.25, 0.3) is 0 Å². The Morgan fingerprint density at radius 2 is 0.646 bits per heavy atom. The predicted molar refractivity (Wildman–Crippen MR) is 195 cm³/mol. The highest BCUT2D eigenvalue weighted by Crippen LogP contribution is 2.58. The van der Waals surface area contributed by atoms with E-state index in [9.17, 15) is 0 Å². The van der Waals surface area contributed by atoms with Crippen molar-refractivity contribution < 1.29 is 9.59 Å². The zero-order valence-corrected chi connectivity index (χ0v) is 26.3. The third-order valence-corrected chi connectivity index (χ3v) is 9.49. The first kappa shape index (κ1) is 29.3. The molecule has 0 radical (unpaired) electrons. The van der Waals surface area contributed by atoms with E-state index in [4.69, 9.17) is 0 Å². The van der Waals surface area contributed by atoms with Crippen molar-refractivity contribution in [1.29, 1.82) is 0 Å². The number of benzene rings is 6. The molecule has 0 fully saturated rings. The van der Waals surface area contributed by atoms with Gasteiger partial charge in [-0.2, -0.15) is 0 Å². The summed E-state index contributed by atoms with van der Waals surface area (Å²) in [5.74, 6) is -1.27. The van der Waals surface area contributed by atoms with Gasteiger partial charge in [0.1, 0.15) is 0 Å². The smallest absolute Gasteiger partial charge is 0.191 e. The zero-order valence-electron chi connectivity index (χ0n) is 26.3. The van der Waals surface area contributed by atoms with Crippen molar-refractivity contribution in [3.05, 3.63) is 221 Å². The van der Waals surface area contributed by atoms with Crippen molar-refractivity contribution in [1.82, 2.24) is 0 Å². The van der Waals surface area contributed by atoms with Gasteiger partial charge in [-0.25, -0.2) is 0 Å². The number of Topliss-reactive ketones (excluding diaryl/α,β-unsaturated/α-hetero) is 2. The van der Waals surface area contributed by atoms with Crippen molar-refractivity contribution in [3.63, 3.8) is 0 Å². The topological polar surface area (TPSA) is 34.1 Å². The number of rotatable bonds is 7. The predicted octanol–water partition coefficient (Wildman–Crippen LogP) is 10.2. The van der Waals surface area contributed by atoms with Gasteiger partial charge in [-0.05, 0) is 44.5 Å². The Labute approximate surface area is 281 Å². The normalized spacial score (nSPS) is 17.8. The Balaban J connectivity index is 1.47. The molecule has 48 heavy (non-hydrogen) atoms. The quantitative estimate of drug-likeness (QED) is 0.179. The van der Waals surface area contributed by atoms with E-state index in [-0.39, 0.29) is 17.5 Å². The highest BCUT2D eigenvalue weighted by Gasteiger charge is 2.50. The monoisotopic (exact) mass is 616 g/mol. The average Bonchev–Trinajstić information content (AvgIpc) is 3.64. The molecule has 0 spiro atoms. The van der Waals surface area contributed by atoms with E-state index in [2.05, 4.69) is 48.5 Å². The van der Waals surface area contributed by atoms with Gasteiger partial charge in [0.15, 0.2) is 11.6 Å². The number of hydrogen-bond acceptors (Lipinski definition) is 2. The Kier molecular flexibility index (Phi) is 7.68. The molecule has 0 aliphatic heterocycles. The van der Waals surface area contributed by atoms with Crippen LogP contribution in [-0.4, -0.2) is 11.6 Å². The van der Waals surface area contributed by atoms with Gasteiger partial charge in [-0.15, -0.1) is 0 Å². The molecule has 0 bridgehead atoms. The summed E-state index contributed by atoms with van der Waals surface area (Å²) >= 11 is 0. The molecule has 0 amide bonds. The minimum atomic E-state index is -0.750. The molecule has 0 N–H and O–H groups in total. The first-order valence-electron chi connectivity index (χ1n) is 16.4. The summed E-state index contributed by atoms with van der Waals surface area (Å²) in [7, 11) is 0. The molecule has 0 saturated heterocycles. The molecule has 0 heterocycles. The van der Waals surface area contributed by atoms with Gasteiger partial charge < -0.3 is 0 Å². The summed E-state index contributed by atoms with van der Waals surface area (Å²) in [6.45, 7) is 0. The van der Waals surface area contributed by atoms with Crippen LogP contribution in [0.3, 0.4) is 0 Å². The largest absolute Gasteiger partial charge is 0.293 e. The van der Waals surface area contributed by atoms with Crippen LogP contribution in [0.5, 0.6) is 0 Å². The summed E-state index contributed by atoms with van der Waals surface area (Å²) in [4.78, 5) is 30.8. The molecule has 6 aromatic carbocycles. The maximum atomic E-state index is 15.4. The van der Waals surface area contributed by atoms with E-state index in [0.717, 1.165) is 50.1 Å². The lowest BCUT2D eigenvalue weighted by Crippen LogP contribution is -2.24. The molecular formula is C46H32O2. The molecule has 2 atom stereocenters. The van der Waals surface area contributed by atoms with E-state index in [1.54, 1.807) is 0 Å². The molecule has 0 aromatic heterocycles. The lowest BCUT2D eigenvalue weighted by atomic mass is 9.75. The van der Waals surface area contributed by atoms with E-state index >= 15 is 9.59 Å². The molecule has 8 rings (SSSR count). The number of carbonyl (C=O) groups is 2. The van der Waals surface area contributed by atoms with Crippen molar-refractivity contribution in [2.24, 2.45) is 5.92 Å². The fourth-order valence-electron chi connectivity index (χ4n) is 7.52. The third-order valence-electron chi connectivity index (χ3n) is 9.49. The van der Waals surface area contributed by atoms with Crippen LogP contribution in [0.2, 0.25) is 0 Å². The van der Waals surface area contributed by atoms with Gasteiger partial charge in [-0.1, -0.05) is 182 Å². The first-order chi connectivity index (χ1) is 23.7. The first-order valence-corrected chi connectivity index (χ1v) is 16.4. The molecule has 2 aliphatic carbocycles. The van der Waals surface area contributed by atoms with Crippen LogP contribution in [0.15, 0.2) is 188 Å². The second kappa shape index (κ2) is 12.6. The maximum absolute atomic E-state index is 15.4. The van der Waals surface area contributed by atoms with Crippen LogP contribution < -0.4 is 0 Å². The van der Waals surface area contributed by atoms with E-state index < -0.39 is 5.92 Å². The fraction of sp³-hybridized carbons (Fsp3) is 0.0435. The van der Waals surface area contributed by atoms with Gasteiger partial charge in [0, 0.05) is 28.2 Å². The second-order valence-corrected chi connectivity index (χ2v) is 12.2. The Hall–Kier alpha value is -6.12. The standard InChI is InChI=1S/C46H32O2/c47-45-41(35-27-15-5-16-28-35)37(31-19-7-1-8-20-31)39(33-23-11-3-12-24-33)43(45)44-40(34-25-13-4-14-26-34)38(32-21-9-2-10-22-32)42(46(44)48)36-29-17-6-18-30-36/h1-30,39,43H/t39-,43-/m1/s1. The third kappa shape index (κ3) is 4.99. The number of allylic oxidation sites excluding steroid dienone is 6. The van der Waals surface area contributed by atoms with E-state index in [0.29, 0.717) is 16.7 Å². The minimum absolute atomic E-state index is 0.0348. The number of ketones is 2. The fourth-order valence-corrected chi connectivity index (χ4v) is 7.52. The second-order valence-electron chi connectivity index (χ2n) is 12.2. The number of hydrogen-bond donors (Lipinski definition) is 0. The molecule has 6 aromatic rings. The zero-order chi connectivity index (χ0) is 32.5. The molecule has 0 saturated carbocycles. The Morgan fingerprint density at radius 1 is 0.292 bits per heavy atom. The molecule has 0 unspecified atom stereocenters. The lowest BCUT2D eigenvalue weighted by molar-refractivity contribution is -0.118. The van der Waals surface area contributed by atoms with Gasteiger partial charge in [0.2, 0.25) is 0 Å². The molecule has 2 nitrogen and oxygen atoms in total. The number of carbonyl (C=O) groups excluding carboxylic acids is 2. The van der Waals surface area contributed by atoms with Crippen LogP contribution in [-0.2, 0) is 9.59 Å². The summed E-state index contributed by atoms with van der Waals surface area (Å²) in [6.07, 6.45) is 0. The van der Waals surface area contributed by atoms with Crippen LogP contribution in [0, 0.1) is 5.92 Å². The molecule has 228 valence electrons. The Bertz CT molecular complexity index is 2210. The van der Waals surface area contributed by atoms with Crippen LogP contribution in [0.4, 0.5) is 0 Å². The van der Waals surface area contributed by atoms with Crippen LogP contribution in [0.25, 0.3) is 27.9 Å². The lowest BCUT2D eigenvalue weighted by Gasteiger charge is -2.25. The van der Waals surface area contributed by atoms with Crippen LogP contribution in [0.1, 0.15) is 39.3 Å². The summed E-state index contributed by atoms with van der Waals surface area (Å²) in [6, 6.07) is 60.5. The summed E-state index contributed by atoms with van der Waals surface area (Å²) < 4.78 is 0. The van der Waals surface area contributed by atoms with Gasteiger partial charge in [0.05, 0.1) is 5.92 Å². The van der Waals surface area contributed by atoms with Crippen molar-refractivity contribution in [3.8, 4) is 0 Å². The summed E-state index contributed by atoms with van der Waals surface area (Å²) in [5.41, 5.74) is 10.0. The minimum Gasteiger partial charge on any atom is -0.293 e. The van der Waals surface area contributed by atoms with E-state index in [1.165, 1.54) is 0 Å². The highest BCUT2D eigenvalue weighted by molar-refractivity contribution is 6.50. The van der Waals surface area contributed by atoms with Crippen molar-refractivity contribution in [2.45, 2.75) is 5.92 Å². The molecule has 2 aliphatic rings. The SMILES string of the molecule is O=C1C(c2ccccc2)=C(c2ccccc2)C(c2ccccc2)=C1[C@@H]1C(=O)C(c2ccccc2)=C(c2ccccc2)[C@H]1c1ccccc1. The highest BCUT2D eigenvalue weighted by atomic mass is 16.1. The average molecular weight is 617 g/mol. The molecule has 2 heteroatoms. The van der Waals surface area contributed by atoms with Crippen molar-refractivity contribution in [2.75, 3.05) is 0 Å². The van der Waals surface area contributed by atoms with E-state index in [1.807, 2.05) is 133 Å². The van der Waals surface area contributed by atoms with Gasteiger partial charge in [-0.3, -0.25) is 9.59 Å². The van der Waals surface area contributed by atoms with Gasteiger partial charge >= 0.3 is 0 Å². The Morgan fingerprint density at radius 3 is 1.10 bits per heavy atom. The maximum Gasteiger partial charge on any atom is 0.191 e. The van der Waals surface area contributed by atoms with Crippen LogP contribution >= 0.6 is 0 Å². The molecular weight excluding hydrogens is 585 g/mol. The van der Waals surface area contributed by atoms with Crippen molar-refractivity contribution >= 4 is 39.4 Å². The summed E-state index contributed by atoms with van der Waals surface area (Å²) in [5, 5.41) is 0.